The van der Waals surface area contributed by atoms with E-state index in [0.717, 1.165) is 5.56 Å². The standard InChI is InChI=1S/C13H20N2O4S/c1-9(16)3-8-13(17)15-10(2)11-4-6-12(7-5-11)20(14,18)19/h4-7,9-10,16H,3,8H2,1-2H3,(H,15,17)(H2,14,18,19). The van der Waals surface area contributed by atoms with E-state index in [-0.39, 0.29) is 23.3 Å². The first-order valence-electron chi connectivity index (χ1n) is 6.30. The Kier molecular flexibility index (Phi) is 5.67. The molecule has 6 nitrogen and oxygen atoms in total. The van der Waals surface area contributed by atoms with Crippen molar-refractivity contribution in [2.45, 2.75) is 43.7 Å². The topological polar surface area (TPSA) is 109 Å². The highest BCUT2D eigenvalue weighted by Gasteiger charge is 2.12. The molecule has 1 rings (SSSR count). The van der Waals surface area contributed by atoms with Crippen molar-refractivity contribution in [3.8, 4) is 0 Å². The van der Waals surface area contributed by atoms with Crippen LogP contribution in [0, 0.1) is 0 Å². The molecule has 0 spiro atoms. The summed E-state index contributed by atoms with van der Waals surface area (Å²) in [5, 5.41) is 16.9. The quantitative estimate of drug-likeness (QED) is 0.717. The Bertz CT molecular complexity index is 552. The van der Waals surface area contributed by atoms with E-state index in [1.54, 1.807) is 26.0 Å². The first kappa shape index (κ1) is 16.6. The van der Waals surface area contributed by atoms with E-state index >= 15 is 0 Å². The average Bonchev–Trinajstić information content (AvgIpc) is 2.35. The third-order valence-electron chi connectivity index (χ3n) is 2.88. The van der Waals surface area contributed by atoms with Gasteiger partial charge in [0.15, 0.2) is 0 Å². The van der Waals surface area contributed by atoms with Crippen LogP contribution in [0.4, 0.5) is 0 Å². The van der Waals surface area contributed by atoms with Crippen LogP contribution in [0.5, 0.6) is 0 Å². The van der Waals surface area contributed by atoms with Gasteiger partial charge in [0, 0.05) is 6.42 Å². The van der Waals surface area contributed by atoms with Gasteiger partial charge in [0.1, 0.15) is 0 Å². The van der Waals surface area contributed by atoms with Crippen molar-refractivity contribution < 1.29 is 18.3 Å². The molecule has 112 valence electrons. The van der Waals surface area contributed by atoms with Crippen LogP contribution in [0.2, 0.25) is 0 Å². The monoisotopic (exact) mass is 300 g/mol. The fourth-order valence-corrected chi connectivity index (χ4v) is 2.20. The molecule has 7 heteroatoms. The number of carbonyl (C=O) groups is 1. The van der Waals surface area contributed by atoms with E-state index in [4.69, 9.17) is 10.2 Å². The van der Waals surface area contributed by atoms with Crippen LogP contribution in [-0.2, 0) is 14.8 Å². The number of aliphatic hydroxyl groups is 1. The molecule has 0 fully saturated rings. The predicted molar refractivity (Wildman–Crippen MR) is 75.3 cm³/mol. The largest absolute Gasteiger partial charge is 0.393 e. The molecule has 0 aromatic heterocycles. The van der Waals surface area contributed by atoms with Gasteiger partial charge >= 0.3 is 0 Å². The van der Waals surface area contributed by atoms with Crippen molar-refractivity contribution in [1.29, 1.82) is 0 Å². The second kappa shape index (κ2) is 6.83. The highest BCUT2D eigenvalue weighted by molar-refractivity contribution is 7.89. The molecule has 4 N–H and O–H groups in total. The number of rotatable bonds is 6. The molecule has 2 unspecified atom stereocenters. The highest BCUT2D eigenvalue weighted by Crippen LogP contribution is 2.15. The Labute approximate surface area is 119 Å². The van der Waals surface area contributed by atoms with E-state index in [1.165, 1.54) is 12.1 Å². The lowest BCUT2D eigenvalue weighted by molar-refractivity contribution is -0.122. The molecule has 0 heterocycles. The van der Waals surface area contributed by atoms with Gasteiger partial charge in [-0.3, -0.25) is 4.79 Å². The summed E-state index contributed by atoms with van der Waals surface area (Å²) in [5.74, 6) is -0.158. The Morgan fingerprint density at radius 2 is 1.85 bits per heavy atom. The Balaban J connectivity index is 2.64. The summed E-state index contributed by atoms with van der Waals surface area (Å²) < 4.78 is 22.3. The predicted octanol–water partition coefficient (Wildman–Crippen LogP) is 0.672. The van der Waals surface area contributed by atoms with Gasteiger partial charge < -0.3 is 10.4 Å². The Morgan fingerprint density at radius 1 is 1.30 bits per heavy atom. The maximum absolute atomic E-state index is 11.6. The van der Waals surface area contributed by atoms with Crippen LogP contribution in [0.15, 0.2) is 29.2 Å². The summed E-state index contributed by atoms with van der Waals surface area (Å²) in [6.07, 6.45) is 0.144. The van der Waals surface area contributed by atoms with Crippen LogP contribution in [0.25, 0.3) is 0 Å². The fraction of sp³-hybridized carbons (Fsp3) is 0.462. The zero-order chi connectivity index (χ0) is 15.3. The number of hydrogen-bond donors (Lipinski definition) is 3. The number of nitrogens with one attached hydrogen (secondary N) is 1. The first-order valence-corrected chi connectivity index (χ1v) is 7.85. The lowest BCUT2D eigenvalue weighted by atomic mass is 10.1. The van der Waals surface area contributed by atoms with Gasteiger partial charge in [-0.05, 0) is 38.0 Å². The van der Waals surface area contributed by atoms with E-state index < -0.39 is 16.1 Å². The molecule has 0 radical (unpaired) electrons. The summed E-state index contributed by atoms with van der Waals surface area (Å²) in [6, 6.07) is 5.79. The van der Waals surface area contributed by atoms with Gasteiger partial charge in [-0.2, -0.15) is 0 Å². The third-order valence-corrected chi connectivity index (χ3v) is 3.80. The SMILES string of the molecule is CC(O)CCC(=O)NC(C)c1ccc(S(N)(=O)=O)cc1. The van der Waals surface area contributed by atoms with Crippen LogP contribution < -0.4 is 10.5 Å². The van der Waals surface area contributed by atoms with Crippen LogP contribution in [0.3, 0.4) is 0 Å². The number of hydrogen-bond acceptors (Lipinski definition) is 4. The number of amides is 1. The van der Waals surface area contributed by atoms with E-state index in [9.17, 15) is 13.2 Å². The lowest BCUT2D eigenvalue weighted by Gasteiger charge is -2.15. The van der Waals surface area contributed by atoms with E-state index in [2.05, 4.69) is 5.32 Å². The summed E-state index contributed by atoms with van der Waals surface area (Å²) in [5.41, 5.74) is 0.780. The molecule has 1 aromatic carbocycles. The summed E-state index contributed by atoms with van der Waals surface area (Å²) in [4.78, 5) is 11.7. The highest BCUT2D eigenvalue weighted by atomic mass is 32.2. The number of benzene rings is 1. The van der Waals surface area contributed by atoms with Gasteiger partial charge in [0.05, 0.1) is 17.0 Å². The molecule has 0 aliphatic heterocycles. The Morgan fingerprint density at radius 3 is 2.30 bits per heavy atom. The molecule has 1 amide bonds. The molecule has 0 bridgehead atoms. The summed E-state index contributed by atoms with van der Waals surface area (Å²) in [7, 11) is -3.70. The maximum atomic E-state index is 11.6. The van der Waals surface area contributed by atoms with Gasteiger partial charge in [0.2, 0.25) is 15.9 Å². The lowest BCUT2D eigenvalue weighted by Crippen LogP contribution is -2.27. The van der Waals surface area contributed by atoms with Gasteiger partial charge in [0.25, 0.3) is 0 Å². The minimum Gasteiger partial charge on any atom is -0.393 e. The van der Waals surface area contributed by atoms with E-state index in [1.807, 2.05) is 0 Å². The van der Waals surface area contributed by atoms with Crippen molar-refractivity contribution in [3.63, 3.8) is 0 Å². The van der Waals surface area contributed by atoms with Crippen molar-refractivity contribution in [3.05, 3.63) is 29.8 Å². The number of aliphatic hydroxyl groups excluding tert-OH is 1. The molecular formula is C13H20N2O4S. The maximum Gasteiger partial charge on any atom is 0.238 e. The van der Waals surface area contributed by atoms with Gasteiger partial charge in [-0.1, -0.05) is 12.1 Å². The van der Waals surface area contributed by atoms with Crippen molar-refractivity contribution in [1.82, 2.24) is 5.32 Å². The van der Waals surface area contributed by atoms with Crippen LogP contribution in [0.1, 0.15) is 38.3 Å². The van der Waals surface area contributed by atoms with E-state index in [0.29, 0.717) is 6.42 Å². The molecule has 0 saturated carbocycles. The normalized spacial score (nSPS) is 14.6. The van der Waals surface area contributed by atoms with Crippen molar-refractivity contribution in [2.24, 2.45) is 5.14 Å². The van der Waals surface area contributed by atoms with Crippen molar-refractivity contribution in [2.75, 3.05) is 0 Å². The van der Waals surface area contributed by atoms with Gasteiger partial charge in [-0.25, -0.2) is 13.6 Å². The number of primary sulfonamides is 1. The molecule has 1 aromatic rings. The molecule has 0 aliphatic rings. The second-order valence-electron chi connectivity index (χ2n) is 4.79. The second-order valence-corrected chi connectivity index (χ2v) is 6.35. The third kappa shape index (κ3) is 5.28. The molecule has 0 aliphatic carbocycles. The fourth-order valence-electron chi connectivity index (χ4n) is 1.68. The molecule has 0 saturated heterocycles. The number of carbonyl (C=O) groups excluding carboxylic acids is 1. The van der Waals surface area contributed by atoms with Gasteiger partial charge in [-0.15, -0.1) is 0 Å². The first-order chi connectivity index (χ1) is 9.20. The minimum atomic E-state index is -3.70. The molecule has 20 heavy (non-hydrogen) atoms. The number of nitrogens with two attached hydrogens (primary N) is 1. The summed E-state index contributed by atoms with van der Waals surface area (Å²) >= 11 is 0. The van der Waals surface area contributed by atoms with Crippen LogP contribution >= 0.6 is 0 Å². The zero-order valence-electron chi connectivity index (χ0n) is 11.5. The number of sulfonamides is 1. The Hall–Kier alpha value is -1.44. The minimum absolute atomic E-state index is 0.0360. The smallest absolute Gasteiger partial charge is 0.238 e. The molecular weight excluding hydrogens is 280 g/mol. The average molecular weight is 300 g/mol. The van der Waals surface area contributed by atoms with Crippen LogP contribution in [-0.4, -0.2) is 25.5 Å². The summed E-state index contributed by atoms with van der Waals surface area (Å²) in [6.45, 7) is 3.43. The van der Waals surface area contributed by atoms with Crippen molar-refractivity contribution >= 4 is 15.9 Å². The molecule has 2 atom stereocenters. The zero-order valence-corrected chi connectivity index (χ0v) is 12.4.